The zero-order valence-corrected chi connectivity index (χ0v) is 12.4. The van der Waals surface area contributed by atoms with Crippen molar-refractivity contribution in [2.24, 2.45) is 0 Å². The molecule has 0 spiro atoms. The molecule has 0 aliphatic carbocycles. The van der Waals surface area contributed by atoms with Crippen LogP contribution in [-0.2, 0) is 6.42 Å². The molecule has 0 bridgehead atoms. The molecule has 0 amide bonds. The lowest BCUT2D eigenvalue weighted by atomic mass is 10.0. The molecule has 2 aromatic carbocycles. The van der Waals surface area contributed by atoms with Gasteiger partial charge in [-0.25, -0.2) is 9.97 Å². The highest BCUT2D eigenvalue weighted by Gasteiger charge is 2.15. The third-order valence-corrected chi connectivity index (χ3v) is 4.05. The van der Waals surface area contributed by atoms with Crippen molar-refractivity contribution in [2.75, 3.05) is 11.9 Å². The Kier molecular flexibility index (Phi) is 3.15. The zero-order chi connectivity index (χ0) is 14.9. The van der Waals surface area contributed by atoms with Gasteiger partial charge >= 0.3 is 0 Å². The van der Waals surface area contributed by atoms with Gasteiger partial charge in [0.1, 0.15) is 5.75 Å². The van der Waals surface area contributed by atoms with Crippen LogP contribution in [-0.4, -0.2) is 16.6 Å². The van der Waals surface area contributed by atoms with Crippen molar-refractivity contribution in [2.45, 2.75) is 19.4 Å². The highest BCUT2D eigenvalue weighted by Crippen LogP contribution is 2.29. The van der Waals surface area contributed by atoms with Gasteiger partial charge in [0.2, 0.25) is 5.95 Å². The van der Waals surface area contributed by atoms with Gasteiger partial charge in [0, 0.05) is 18.0 Å². The summed E-state index contributed by atoms with van der Waals surface area (Å²) in [4.78, 5) is 8.96. The second-order valence-electron chi connectivity index (χ2n) is 5.58. The van der Waals surface area contributed by atoms with Gasteiger partial charge in [-0.2, -0.15) is 0 Å². The van der Waals surface area contributed by atoms with Gasteiger partial charge in [-0.15, -0.1) is 0 Å². The largest absolute Gasteiger partial charge is 0.493 e. The minimum atomic E-state index is 0.145. The summed E-state index contributed by atoms with van der Waals surface area (Å²) < 4.78 is 5.55. The third kappa shape index (κ3) is 2.37. The van der Waals surface area contributed by atoms with E-state index in [1.807, 2.05) is 30.5 Å². The van der Waals surface area contributed by atoms with Crippen molar-refractivity contribution in [1.82, 2.24) is 9.97 Å². The first-order valence-corrected chi connectivity index (χ1v) is 7.53. The summed E-state index contributed by atoms with van der Waals surface area (Å²) in [7, 11) is 0. The van der Waals surface area contributed by atoms with Crippen LogP contribution in [0.15, 0.2) is 48.7 Å². The summed E-state index contributed by atoms with van der Waals surface area (Å²) >= 11 is 0. The monoisotopic (exact) mass is 291 g/mol. The Morgan fingerprint density at radius 2 is 2.09 bits per heavy atom. The van der Waals surface area contributed by atoms with Crippen LogP contribution in [0.3, 0.4) is 0 Å². The molecule has 0 saturated carbocycles. The molecule has 3 aromatic rings. The number of hydrogen-bond acceptors (Lipinski definition) is 4. The topological polar surface area (TPSA) is 47.0 Å². The lowest BCUT2D eigenvalue weighted by Crippen LogP contribution is -2.09. The van der Waals surface area contributed by atoms with Crippen molar-refractivity contribution in [1.29, 1.82) is 0 Å². The summed E-state index contributed by atoms with van der Waals surface area (Å²) in [6, 6.07) is 14.5. The maximum Gasteiger partial charge on any atom is 0.223 e. The zero-order valence-electron chi connectivity index (χ0n) is 12.4. The van der Waals surface area contributed by atoms with Gasteiger partial charge in [0.15, 0.2) is 0 Å². The van der Waals surface area contributed by atoms with E-state index in [9.17, 15) is 0 Å². The van der Waals surface area contributed by atoms with E-state index in [0.717, 1.165) is 29.7 Å². The summed E-state index contributed by atoms with van der Waals surface area (Å²) in [5.74, 6) is 1.67. The van der Waals surface area contributed by atoms with Crippen LogP contribution in [0.2, 0.25) is 0 Å². The van der Waals surface area contributed by atoms with Crippen molar-refractivity contribution >= 4 is 16.9 Å². The summed E-state index contributed by atoms with van der Waals surface area (Å²) in [6.45, 7) is 2.91. The Morgan fingerprint density at radius 1 is 1.18 bits per heavy atom. The second-order valence-corrected chi connectivity index (χ2v) is 5.58. The smallest absolute Gasteiger partial charge is 0.223 e. The molecule has 0 radical (unpaired) electrons. The number of hydrogen-bond donors (Lipinski definition) is 1. The highest BCUT2D eigenvalue weighted by molar-refractivity contribution is 5.78. The fraction of sp³-hybridized carbons (Fsp3) is 0.222. The lowest BCUT2D eigenvalue weighted by Gasteiger charge is -2.15. The van der Waals surface area contributed by atoms with E-state index < -0.39 is 0 Å². The van der Waals surface area contributed by atoms with E-state index in [0.29, 0.717) is 5.95 Å². The summed E-state index contributed by atoms with van der Waals surface area (Å²) in [5, 5.41) is 4.43. The molecule has 2 heterocycles. The van der Waals surface area contributed by atoms with Gasteiger partial charge in [-0.05, 0) is 36.2 Å². The van der Waals surface area contributed by atoms with Crippen molar-refractivity contribution < 1.29 is 4.74 Å². The van der Waals surface area contributed by atoms with E-state index in [1.54, 1.807) is 0 Å². The minimum absolute atomic E-state index is 0.145. The average molecular weight is 291 g/mol. The molecule has 4 nitrogen and oxygen atoms in total. The second kappa shape index (κ2) is 5.30. The predicted octanol–water partition coefficient (Wildman–Crippen LogP) is 3.74. The Labute approximate surface area is 129 Å². The highest BCUT2D eigenvalue weighted by atomic mass is 16.5. The maximum atomic E-state index is 5.55. The van der Waals surface area contributed by atoms with Gasteiger partial charge in [-0.1, -0.05) is 24.3 Å². The molecular formula is C18H17N3O. The van der Waals surface area contributed by atoms with Crippen LogP contribution in [0.4, 0.5) is 5.95 Å². The quantitative estimate of drug-likeness (QED) is 0.798. The number of fused-ring (bicyclic) bond motifs is 2. The van der Waals surface area contributed by atoms with Gasteiger partial charge in [0.05, 0.1) is 18.2 Å². The van der Waals surface area contributed by atoms with Crippen LogP contribution in [0, 0.1) is 0 Å². The first-order chi connectivity index (χ1) is 10.8. The van der Waals surface area contributed by atoms with Gasteiger partial charge in [-0.3, -0.25) is 0 Å². The maximum absolute atomic E-state index is 5.55. The fourth-order valence-electron chi connectivity index (χ4n) is 2.79. The van der Waals surface area contributed by atoms with Crippen molar-refractivity contribution in [3.05, 3.63) is 59.8 Å². The molecule has 4 heteroatoms. The van der Waals surface area contributed by atoms with Crippen molar-refractivity contribution in [3.8, 4) is 5.75 Å². The number of para-hydroxylation sites is 1. The molecule has 0 unspecified atom stereocenters. The van der Waals surface area contributed by atoms with Gasteiger partial charge in [0.25, 0.3) is 0 Å². The number of ether oxygens (including phenoxy) is 1. The van der Waals surface area contributed by atoms with Crippen LogP contribution in [0.5, 0.6) is 5.75 Å². The molecule has 1 aliphatic heterocycles. The number of anilines is 1. The van der Waals surface area contributed by atoms with E-state index in [2.05, 4.69) is 40.4 Å². The summed E-state index contributed by atoms with van der Waals surface area (Å²) in [6.07, 6.45) is 2.84. The molecule has 1 aromatic heterocycles. The molecule has 4 rings (SSSR count). The summed E-state index contributed by atoms with van der Waals surface area (Å²) in [5.41, 5.74) is 3.46. The normalized spacial score (nSPS) is 14.4. The van der Waals surface area contributed by atoms with E-state index in [1.165, 1.54) is 11.1 Å². The van der Waals surface area contributed by atoms with Gasteiger partial charge < -0.3 is 10.1 Å². The standard InChI is InChI=1S/C18H17N3O/c1-12(13-6-7-17-14(10-13)8-9-22-17)20-18-19-11-15-4-2-3-5-16(15)21-18/h2-7,10-12H,8-9H2,1H3,(H,19,20,21)/t12-/m1/s1. The third-order valence-electron chi connectivity index (χ3n) is 4.05. The molecule has 1 aliphatic rings. The molecule has 1 atom stereocenters. The van der Waals surface area contributed by atoms with Crippen LogP contribution in [0.1, 0.15) is 24.1 Å². The molecule has 1 N–H and O–H groups in total. The molecular weight excluding hydrogens is 274 g/mol. The Balaban J connectivity index is 1.58. The van der Waals surface area contributed by atoms with Crippen LogP contribution >= 0.6 is 0 Å². The number of nitrogens with one attached hydrogen (secondary N) is 1. The first-order valence-electron chi connectivity index (χ1n) is 7.53. The van der Waals surface area contributed by atoms with E-state index >= 15 is 0 Å². The van der Waals surface area contributed by atoms with Crippen LogP contribution < -0.4 is 10.1 Å². The van der Waals surface area contributed by atoms with E-state index in [4.69, 9.17) is 4.74 Å². The van der Waals surface area contributed by atoms with E-state index in [-0.39, 0.29) is 6.04 Å². The average Bonchev–Trinajstić information content (AvgIpc) is 3.02. The fourth-order valence-corrected chi connectivity index (χ4v) is 2.79. The number of rotatable bonds is 3. The number of nitrogens with zero attached hydrogens (tertiary/aromatic N) is 2. The Bertz CT molecular complexity index is 831. The molecule has 110 valence electrons. The van der Waals surface area contributed by atoms with Crippen LogP contribution in [0.25, 0.3) is 10.9 Å². The molecule has 0 saturated heterocycles. The Hall–Kier alpha value is -2.62. The lowest BCUT2D eigenvalue weighted by molar-refractivity contribution is 0.357. The SMILES string of the molecule is C[C@@H](Nc1ncc2ccccc2n1)c1ccc2c(c1)CCO2. The minimum Gasteiger partial charge on any atom is -0.493 e. The Morgan fingerprint density at radius 3 is 3.05 bits per heavy atom. The van der Waals surface area contributed by atoms with Crippen molar-refractivity contribution in [3.63, 3.8) is 0 Å². The molecule has 22 heavy (non-hydrogen) atoms. The first kappa shape index (κ1) is 13.1. The number of aromatic nitrogens is 2. The predicted molar refractivity (Wildman–Crippen MR) is 87.2 cm³/mol. The number of benzene rings is 2. The molecule has 0 fully saturated rings.